The average molecular weight is 214 g/mol. The van der Waals surface area contributed by atoms with Crippen molar-refractivity contribution >= 4 is 22.8 Å². The molecule has 14 heavy (non-hydrogen) atoms. The van der Waals surface area contributed by atoms with Gasteiger partial charge in [0, 0.05) is 18.2 Å². The van der Waals surface area contributed by atoms with Crippen LogP contribution in [-0.4, -0.2) is 43.0 Å². The van der Waals surface area contributed by atoms with E-state index in [4.69, 9.17) is 0 Å². The Morgan fingerprint density at radius 1 is 1.71 bits per heavy atom. The van der Waals surface area contributed by atoms with E-state index in [1.165, 1.54) is 7.11 Å². The van der Waals surface area contributed by atoms with Gasteiger partial charge in [0.25, 0.3) is 0 Å². The normalized spacial score (nSPS) is 31.6. The van der Waals surface area contributed by atoms with E-state index in [9.17, 15) is 4.79 Å². The number of rotatable bonds is 2. The van der Waals surface area contributed by atoms with Crippen LogP contribution < -0.4 is 5.32 Å². The highest BCUT2D eigenvalue weighted by molar-refractivity contribution is 8.14. The Kier molecular flexibility index (Phi) is 3.08. The average Bonchev–Trinajstić information content (AvgIpc) is 2.86. The molecule has 2 aliphatic heterocycles. The highest BCUT2D eigenvalue weighted by atomic mass is 32.2. The fraction of sp³-hybridized carbons (Fsp3) is 0.778. The van der Waals surface area contributed by atoms with Crippen molar-refractivity contribution in [2.75, 3.05) is 26.0 Å². The standard InChI is InChI=1S/C9H14N2O2S/c1-13-9(12)7-5-14-8(11-7)6-2-3-10-4-6/h6-7,10H,2-5H2,1H3. The summed E-state index contributed by atoms with van der Waals surface area (Å²) in [6.07, 6.45) is 1.14. The quantitative estimate of drug-likeness (QED) is 0.671. The molecule has 2 aliphatic rings. The summed E-state index contributed by atoms with van der Waals surface area (Å²) in [7, 11) is 1.41. The monoisotopic (exact) mass is 214 g/mol. The van der Waals surface area contributed by atoms with Gasteiger partial charge < -0.3 is 10.1 Å². The van der Waals surface area contributed by atoms with Gasteiger partial charge in [0.05, 0.1) is 12.2 Å². The molecular formula is C9H14N2O2S. The molecule has 5 heteroatoms. The highest BCUT2D eigenvalue weighted by Gasteiger charge is 2.30. The number of carbonyl (C=O) groups is 1. The number of nitrogens with one attached hydrogen (secondary N) is 1. The minimum Gasteiger partial charge on any atom is -0.467 e. The highest BCUT2D eigenvalue weighted by Crippen LogP contribution is 2.26. The van der Waals surface area contributed by atoms with E-state index in [0.29, 0.717) is 5.92 Å². The van der Waals surface area contributed by atoms with Crippen LogP contribution in [-0.2, 0) is 9.53 Å². The van der Waals surface area contributed by atoms with Crippen molar-refractivity contribution in [3.05, 3.63) is 0 Å². The van der Waals surface area contributed by atoms with Gasteiger partial charge in [-0.25, -0.2) is 4.79 Å². The lowest BCUT2D eigenvalue weighted by molar-refractivity contribution is -0.141. The molecule has 2 heterocycles. The van der Waals surface area contributed by atoms with Gasteiger partial charge in [0.2, 0.25) is 0 Å². The number of nitrogens with zero attached hydrogens (tertiary/aromatic N) is 1. The molecule has 78 valence electrons. The Hall–Kier alpha value is -0.550. The molecule has 0 radical (unpaired) electrons. The second kappa shape index (κ2) is 4.31. The maximum atomic E-state index is 11.2. The van der Waals surface area contributed by atoms with Crippen LogP contribution in [0, 0.1) is 5.92 Å². The fourth-order valence-electron chi connectivity index (χ4n) is 1.74. The first-order chi connectivity index (χ1) is 6.81. The van der Waals surface area contributed by atoms with E-state index in [0.717, 1.165) is 30.3 Å². The van der Waals surface area contributed by atoms with Crippen molar-refractivity contribution in [1.29, 1.82) is 0 Å². The molecule has 1 N–H and O–H groups in total. The van der Waals surface area contributed by atoms with E-state index < -0.39 is 0 Å². The lowest BCUT2D eigenvalue weighted by Gasteiger charge is -2.05. The second-order valence-corrected chi connectivity index (χ2v) is 4.55. The van der Waals surface area contributed by atoms with Gasteiger partial charge in [-0.3, -0.25) is 4.99 Å². The van der Waals surface area contributed by atoms with Crippen LogP contribution in [0.1, 0.15) is 6.42 Å². The summed E-state index contributed by atoms with van der Waals surface area (Å²) in [5.74, 6) is 1.06. The van der Waals surface area contributed by atoms with Crippen LogP contribution in [0.3, 0.4) is 0 Å². The maximum Gasteiger partial charge on any atom is 0.331 e. The molecule has 2 atom stereocenters. The number of aliphatic imine (C=N–C) groups is 1. The summed E-state index contributed by atoms with van der Waals surface area (Å²) in [4.78, 5) is 15.6. The molecule has 1 saturated heterocycles. The molecule has 0 aromatic heterocycles. The largest absolute Gasteiger partial charge is 0.467 e. The maximum absolute atomic E-state index is 11.2. The molecule has 0 spiro atoms. The van der Waals surface area contributed by atoms with Gasteiger partial charge >= 0.3 is 5.97 Å². The van der Waals surface area contributed by atoms with Crippen molar-refractivity contribution in [3.8, 4) is 0 Å². The molecular weight excluding hydrogens is 200 g/mol. The molecule has 2 unspecified atom stereocenters. The van der Waals surface area contributed by atoms with Gasteiger partial charge in [-0.2, -0.15) is 0 Å². The summed E-state index contributed by atoms with van der Waals surface area (Å²) < 4.78 is 4.67. The Morgan fingerprint density at radius 3 is 3.21 bits per heavy atom. The fourth-order valence-corrected chi connectivity index (χ4v) is 2.92. The third-order valence-corrected chi connectivity index (χ3v) is 3.77. The van der Waals surface area contributed by atoms with Gasteiger partial charge in [-0.1, -0.05) is 0 Å². The van der Waals surface area contributed by atoms with E-state index in [1.54, 1.807) is 11.8 Å². The molecule has 0 aliphatic carbocycles. The zero-order valence-electron chi connectivity index (χ0n) is 8.16. The van der Waals surface area contributed by atoms with Gasteiger partial charge in [-0.15, -0.1) is 11.8 Å². The first-order valence-corrected chi connectivity index (χ1v) is 5.79. The number of ether oxygens (including phenoxy) is 1. The van der Waals surface area contributed by atoms with Crippen LogP contribution >= 0.6 is 11.8 Å². The minimum absolute atomic E-state index is 0.210. The van der Waals surface area contributed by atoms with Crippen LogP contribution in [0.5, 0.6) is 0 Å². The molecule has 2 rings (SSSR count). The number of hydrogen-bond donors (Lipinski definition) is 1. The van der Waals surface area contributed by atoms with Gasteiger partial charge in [0.1, 0.15) is 0 Å². The van der Waals surface area contributed by atoms with Crippen LogP contribution in [0.4, 0.5) is 0 Å². The topological polar surface area (TPSA) is 50.7 Å². The molecule has 0 bridgehead atoms. The summed E-state index contributed by atoms with van der Waals surface area (Å²) in [6, 6.07) is -0.263. The Morgan fingerprint density at radius 2 is 2.57 bits per heavy atom. The Bertz CT molecular complexity index is 262. The van der Waals surface area contributed by atoms with E-state index in [2.05, 4.69) is 15.0 Å². The SMILES string of the molecule is COC(=O)C1CSC(C2CCNC2)=N1. The predicted molar refractivity (Wildman–Crippen MR) is 56.7 cm³/mol. The smallest absolute Gasteiger partial charge is 0.331 e. The van der Waals surface area contributed by atoms with E-state index in [-0.39, 0.29) is 12.0 Å². The Balaban J connectivity index is 1.97. The molecule has 0 amide bonds. The number of thioether (sulfide) groups is 1. The van der Waals surface area contributed by atoms with E-state index in [1.807, 2.05) is 0 Å². The zero-order chi connectivity index (χ0) is 9.97. The predicted octanol–water partition coefficient (Wildman–Crippen LogP) is 0.283. The van der Waals surface area contributed by atoms with Crippen LogP contribution in [0.15, 0.2) is 4.99 Å². The second-order valence-electron chi connectivity index (χ2n) is 3.51. The third kappa shape index (κ3) is 1.93. The first kappa shape index (κ1) is 9.98. The number of carbonyl (C=O) groups excluding carboxylic acids is 1. The first-order valence-electron chi connectivity index (χ1n) is 4.80. The molecule has 1 fully saturated rings. The van der Waals surface area contributed by atoms with Crippen molar-refractivity contribution < 1.29 is 9.53 Å². The van der Waals surface area contributed by atoms with E-state index >= 15 is 0 Å². The molecule has 0 saturated carbocycles. The number of esters is 1. The number of methoxy groups -OCH3 is 1. The summed E-state index contributed by atoms with van der Waals surface area (Å²) in [6.45, 7) is 2.06. The lowest BCUT2D eigenvalue weighted by Crippen LogP contribution is -2.20. The Labute approximate surface area is 87.5 Å². The van der Waals surface area contributed by atoms with Crippen LogP contribution in [0.2, 0.25) is 0 Å². The minimum atomic E-state index is -0.263. The molecule has 0 aromatic carbocycles. The molecule has 0 aromatic rings. The number of hydrogen-bond acceptors (Lipinski definition) is 5. The summed E-state index contributed by atoms with van der Waals surface area (Å²) in [5.41, 5.74) is 0. The third-order valence-electron chi connectivity index (χ3n) is 2.55. The lowest BCUT2D eigenvalue weighted by atomic mass is 10.1. The summed E-state index contributed by atoms with van der Waals surface area (Å²) >= 11 is 1.70. The summed E-state index contributed by atoms with van der Waals surface area (Å²) in [5, 5.41) is 4.43. The van der Waals surface area contributed by atoms with Crippen molar-refractivity contribution in [3.63, 3.8) is 0 Å². The van der Waals surface area contributed by atoms with Crippen molar-refractivity contribution in [1.82, 2.24) is 5.32 Å². The van der Waals surface area contributed by atoms with Gasteiger partial charge in [-0.05, 0) is 13.0 Å². The van der Waals surface area contributed by atoms with Gasteiger partial charge in [0.15, 0.2) is 6.04 Å². The van der Waals surface area contributed by atoms with Crippen LogP contribution in [0.25, 0.3) is 0 Å². The zero-order valence-corrected chi connectivity index (χ0v) is 8.97. The van der Waals surface area contributed by atoms with Crippen molar-refractivity contribution in [2.45, 2.75) is 12.5 Å². The van der Waals surface area contributed by atoms with Crippen molar-refractivity contribution in [2.24, 2.45) is 10.9 Å². The molecule has 4 nitrogen and oxygen atoms in total.